The zero-order valence-corrected chi connectivity index (χ0v) is 32.5. The molecular weight excluding hydrogens is 676 g/mol. The molecule has 0 aromatic heterocycles. The Bertz CT molecular complexity index is 1320. The molecule has 1 heterocycles. The molecule has 13 nitrogen and oxygen atoms in total. The summed E-state index contributed by atoms with van der Waals surface area (Å²) >= 11 is 0. The molecule has 300 valence electrons. The molecule has 1 aromatic carbocycles. The average Bonchev–Trinajstić information content (AvgIpc) is 3.09. The number of rotatable bonds is 20. The molecule has 1 aliphatic heterocycles. The smallest absolute Gasteiger partial charge is 0.253 e. The molecule has 0 spiro atoms. The summed E-state index contributed by atoms with van der Waals surface area (Å²) in [5.41, 5.74) is 0.559. The van der Waals surface area contributed by atoms with E-state index in [0.29, 0.717) is 57.2 Å². The topological polar surface area (TPSA) is 186 Å². The number of hydrogen-bond acceptors (Lipinski definition) is 7. The fourth-order valence-electron chi connectivity index (χ4n) is 6.45. The minimum absolute atomic E-state index is 0. The third-order valence-corrected chi connectivity index (χ3v) is 9.18. The number of nitrogens with zero attached hydrogens (tertiary/aromatic N) is 1. The molecule has 0 radical (unpaired) electrons. The monoisotopic (exact) mass is 745 g/mol. The first kappa shape index (κ1) is 47.0. The minimum atomic E-state index is -1.25. The Morgan fingerprint density at radius 1 is 0.811 bits per heavy atom. The number of amides is 6. The highest BCUT2D eigenvalue weighted by atomic mass is 16.3. The fraction of sp³-hybridized carbons (Fsp3) is 0.700. The lowest BCUT2D eigenvalue weighted by Crippen LogP contribution is -2.57. The molecule has 0 bridgehead atoms. The van der Waals surface area contributed by atoms with Crippen LogP contribution in [0.3, 0.4) is 0 Å². The number of likely N-dealkylation sites (N-methyl/N-ethyl adjacent to an activating group) is 1. The summed E-state index contributed by atoms with van der Waals surface area (Å²) in [4.78, 5) is 81.1. The highest BCUT2D eigenvalue weighted by Crippen LogP contribution is 2.20. The van der Waals surface area contributed by atoms with E-state index in [4.69, 9.17) is 0 Å². The van der Waals surface area contributed by atoms with E-state index in [-0.39, 0.29) is 55.9 Å². The lowest BCUT2D eigenvalue weighted by Gasteiger charge is -2.33. The molecule has 1 unspecified atom stereocenters. The minimum Gasteiger partial charge on any atom is -0.390 e. The van der Waals surface area contributed by atoms with E-state index >= 15 is 0 Å². The van der Waals surface area contributed by atoms with Gasteiger partial charge in [0.15, 0.2) is 0 Å². The van der Waals surface area contributed by atoms with Crippen molar-refractivity contribution in [2.45, 2.75) is 138 Å². The predicted octanol–water partition coefficient (Wildman–Crippen LogP) is 3.55. The Morgan fingerprint density at radius 2 is 1.43 bits per heavy atom. The highest BCUT2D eigenvalue weighted by Gasteiger charge is 2.34. The van der Waals surface area contributed by atoms with E-state index in [1.165, 1.54) is 0 Å². The largest absolute Gasteiger partial charge is 0.390 e. The van der Waals surface area contributed by atoms with Crippen LogP contribution in [-0.2, 0) is 24.0 Å². The molecule has 53 heavy (non-hydrogen) atoms. The predicted molar refractivity (Wildman–Crippen MR) is 207 cm³/mol. The van der Waals surface area contributed by atoms with Crippen LogP contribution in [0, 0.1) is 23.7 Å². The molecule has 1 aliphatic rings. The quantitative estimate of drug-likeness (QED) is 0.118. The van der Waals surface area contributed by atoms with Gasteiger partial charge in [-0.15, -0.1) is 0 Å². The maximum absolute atomic E-state index is 13.7. The number of carbonyl (C=O) groups is 6. The van der Waals surface area contributed by atoms with Gasteiger partial charge in [-0.3, -0.25) is 28.8 Å². The second-order valence-electron chi connectivity index (χ2n) is 15.2. The molecule has 6 atom stereocenters. The summed E-state index contributed by atoms with van der Waals surface area (Å²) in [6.45, 7) is 16.3. The number of hydrogen-bond donors (Lipinski definition) is 6. The van der Waals surface area contributed by atoms with Gasteiger partial charge >= 0.3 is 0 Å². The second kappa shape index (κ2) is 23.6. The van der Waals surface area contributed by atoms with Gasteiger partial charge in [0.25, 0.3) is 5.91 Å². The number of aliphatic hydroxyl groups excluding tert-OH is 1. The number of likely N-dealkylation sites (tertiary alicyclic amines) is 1. The van der Waals surface area contributed by atoms with Gasteiger partial charge in [-0.25, -0.2) is 0 Å². The molecule has 1 aromatic rings. The van der Waals surface area contributed by atoms with Gasteiger partial charge in [0.2, 0.25) is 29.5 Å². The Labute approximate surface area is 317 Å². The van der Waals surface area contributed by atoms with Crippen LogP contribution in [0.15, 0.2) is 30.3 Å². The summed E-state index contributed by atoms with van der Waals surface area (Å²) in [5, 5.41) is 25.2. The van der Waals surface area contributed by atoms with Gasteiger partial charge < -0.3 is 36.6 Å². The molecule has 2 rings (SSSR count). The van der Waals surface area contributed by atoms with Crippen molar-refractivity contribution in [3.8, 4) is 0 Å². The standard InChI is InChI=1S/C39H64N6O7.CH4/c1-9-15-29(36(49)42-30(20-24(3)4)32(46)22-33(47)44-34(26(7)8)38(51)40-10-2)41-37(50)31(21-25(5)6)43-35(48)28-18-14-19-45(23-28)39(52)27-16-12-11-13-17-27;/h11-13,16-17,24-26,28-32,34,46H,9-10,14-15,18-23H2,1-8H3,(H,40,51)(H,41,50)(H,42,49)(H,43,48)(H,44,47);1H4/t28?,29-,30-,31-,32-,34-;/m0./s1. The van der Waals surface area contributed by atoms with Crippen LogP contribution < -0.4 is 26.6 Å². The van der Waals surface area contributed by atoms with Crippen LogP contribution >= 0.6 is 0 Å². The number of carbonyl (C=O) groups excluding carboxylic acids is 6. The van der Waals surface area contributed by atoms with Crippen molar-refractivity contribution in [1.29, 1.82) is 0 Å². The molecule has 1 saturated heterocycles. The second-order valence-corrected chi connectivity index (χ2v) is 15.2. The van der Waals surface area contributed by atoms with Crippen molar-refractivity contribution in [1.82, 2.24) is 31.5 Å². The molecule has 6 N–H and O–H groups in total. The first-order valence-corrected chi connectivity index (χ1v) is 19.1. The Balaban J connectivity index is 0.0000140. The summed E-state index contributed by atoms with van der Waals surface area (Å²) in [5.74, 6) is -2.81. The number of nitrogens with one attached hydrogen (secondary N) is 5. The average molecular weight is 745 g/mol. The van der Waals surface area contributed by atoms with Crippen molar-refractivity contribution >= 4 is 35.4 Å². The molecular formula is C40H68N6O7. The van der Waals surface area contributed by atoms with E-state index in [0.717, 1.165) is 0 Å². The van der Waals surface area contributed by atoms with E-state index in [2.05, 4.69) is 26.6 Å². The lowest BCUT2D eigenvalue weighted by atomic mass is 9.95. The van der Waals surface area contributed by atoms with Gasteiger partial charge in [0.05, 0.1) is 24.5 Å². The third-order valence-electron chi connectivity index (χ3n) is 9.18. The number of piperidine rings is 1. The molecule has 1 fully saturated rings. The summed E-state index contributed by atoms with van der Waals surface area (Å²) < 4.78 is 0. The Hall–Kier alpha value is -4.00. The van der Waals surface area contributed by atoms with E-state index in [1.54, 1.807) is 36.1 Å². The SMILES string of the molecule is C.CCC[C@H](NC(=O)[C@H](CC(C)C)NC(=O)C1CCCN(C(=O)c2ccccc2)C1)C(=O)N[C@@H](CC(C)C)[C@@H](O)CC(=O)N[C@H](C(=O)NCC)C(C)C. The van der Waals surface area contributed by atoms with E-state index < -0.39 is 53.9 Å². The maximum atomic E-state index is 13.7. The highest BCUT2D eigenvalue weighted by molar-refractivity contribution is 5.95. The number of benzene rings is 1. The Kier molecular flexibility index (Phi) is 21.0. The van der Waals surface area contributed by atoms with Crippen LogP contribution in [0.5, 0.6) is 0 Å². The van der Waals surface area contributed by atoms with Crippen molar-refractivity contribution in [2.75, 3.05) is 19.6 Å². The van der Waals surface area contributed by atoms with Crippen molar-refractivity contribution < 1.29 is 33.9 Å². The van der Waals surface area contributed by atoms with Gasteiger partial charge in [-0.05, 0) is 68.9 Å². The van der Waals surface area contributed by atoms with Gasteiger partial charge in [0, 0.05) is 25.2 Å². The van der Waals surface area contributed by atoms with Gasteiger partial charge in [-0.1, -0.05) is 80.5 Å². The van der Waals surface area contributed by atoms with Crippen molar-refractivity contribution in [3.05, 3.63) is 35.9 Å². The normalized spacial score (nSPS) is 17.1. The van der Waals surface area contributed by atoms with Crippen LogP contribution in [-0.4, -0.2) is 95.4 Å². The van der Waals surface area contributed by atoms with E-state index in [9.17, 15) is 33.9 Å². The Morgan fingerprint density at radius 3 is 2.00 bits per heavy atom. The zero-order chi connectivity index (χ0) is 39.0. The molecule has 0 aliphatic carbocycles. The van der Waals surface area contributed by atoms with Crippen LogP contribution in [0.1, 0.15) is 118 Å². The maximum Gasteiger partial charge on any atom is 0.253 e. The molecule has 13 heteroatoms. The van der Waals surface area contributed by atoms with Crippen LogP contribution in [0.25, 0.3) is 0 Å². The molecule has 6 amide bonds. The zero-order valence-electron chi connectivity index (χ0n) is 32.5. The van der Waals surface area contributed by atoms with E-state index in [1.807, 2.05) is 54.5 Å². The van der Waals surface area contributed by atoms with Crippen LogP contribution in [0.2, 0.25) is 0 Å². The summed E-state index contributed by atoms with van der Waals surface area (Å²) in [7, 11) is 0. The first-order chi connectivity index (χ1) is 24.6. The van der Waals surface area contributed by atoms with Crippen LogP contribution in [0.4, 0.5) is 0 Å². The van der Waals surface area contributed by atoms with Crippen molar-refractivity contribution in [3.63, 3.8) is 0 Å². The lowest BCUT2D eigenvalue weighted by molar-refractivity contribution is -0.134. The van der Waals surface area contributed by atoms with Gasteiger partial charge in [0.1, 0.15) is 18.1 Å². The summed E-state index contributed by atoms with van der Waals surface area (Å²) in [6.07, 6.45) is 1.27. The molecule has 0 saturated carbocycles. The van der Waals surface area contributed by atoms with Gasteiger partial charge in [-0.2, -0.15) is 0 Å². The number of aliphatic hydroxyl groups is 1. The van der Waals surface area contributed by atoms with Crippen molar-refractivity contribution in [2.24, 2.45) is 23.7 Å². The first-order valence-electron chi connectivity index (χ1n) is 19.1. The third kappa shape index (κ3) is 15.9. The fourth-order valence-corrected chi connectivity index (χ4v) is 6.45. The summed E-state index contributed by atoms with van der Waals surface area (Å²) in [6, 6.07) is 5.52.